The van der Waals surface area contributed by atoms with Crippen LogP contribution in [0.3, 0.4) is 0 Å². The Labute approximate surface area is 96.4 Å². The Hall–Kier alpha value is -1.49. The number of rotatable bonds is 3. The lowest BCUT2D eigenvalue weighted by Crippen LogP contribution is -2.59. The van der Waals surface area contributed by atoms with Gasteiger partial charge in [0.2, 0.25) is 0 Å². The molecule has 1 fully saturated rings. The lowest BCUT2D eigenvalue weighted by molar-refractivity contribution is -0.148. The first-order valence-corrected chi connectivity index (χ1v) is 5.22. The molecule has 1 saturated carbocycles. The summed E-state index contributed by atoms with van der Waals surface area (Å²) in [4.78, 5) is 22.6. The van der Waals surface area contributed by atoms with E-state index in [4.69, 9.17) is 21.1 Å². The van der Waals surface area contributed by atoms with Crippen LogP contribution in [0.25, 0.3) is 0 Å². The zero-order valence-corrected chi connectivity index (χ0v) is 9.08. The van der Waals surface area contributed by atoms with Gasteiger partial charge in [-0.05, 0) is 43.0 Å². The smallest absolute Gasteiger partial charge is 0.329 e. The van der Waals surface area contributed by atoms with Gasteiger partial charge in [0.1, 0.15) is 5.54 Å². The largest absolute Gasteiger partial charge is 0.480 e. The lowest BCUT2D eigenvalue weighted by atomic mass is 9.76. The molecule has 0 atom stereocenters. The average molecular weight is 244 g/mol. The van der Waals surface area contributed by atoms with Gasteiger partial charge in [0, 0.05) is 0 Å². The maximum absolute atomic E-state index is 11.6. The summed E-state index contributed by atoms with van der Waals surface area (Å²) in [7, 11) is 0. The third-order valence-electron chi connectivity index (χ3n) is 2.77. The van der Waals surface area contributed by atoms with E-state index < -0.39 is 17.4 Å². The molecule has 2 rings (SSSR count). The minimum atomic E-state index is -1.13. The van der Waals surface area contributed by atoms with E-state index in [0.29, 0.717) is 12.8 Å². The second-order valence-corrected chi connectivity index (χ2v) is 4.17. The molecule has 0 bridgehead atoms. The summed E-state index contributed by atoms with van der Waals surface area (Å²) in [6.07, 6.45) is 1.69. The van der Waals surface area contributed by atoms with Gasteiger partial charge in [-0.2, -0.15) is 0 Å². The summed E-state index contributed by atoms with van der Waals surface area (Å²) >= 11 is 5.52. The molecule has 0 saturated heterocycles. The Kier molecular flexibility index (Phi) is 2.63. The van der Waals surface area contributed by atoms with Crippen LogP contribution in [0.5, 0.6) is 0 Å². The lowest BCUT2D eigenvalue weighted by Gasteiger charge is -2.37. The molecule has 0 aliphatic heterocycles. The standard InChI is InChI=1S/C10H10ClNO4/c11-7-3-2-6(16-7)8(13)12-10(9(14)15)4-1-5-10/h2-3H,1,4-5H2,(H,12,13)(H,14,15). The van der Waals surface area contributed by atoms with E-state index in [-0.39, 0.29) is 11.0 Å². The maximum atomic E-state index is 11.6. The van der Waals surface area contributed by atoms with Crippen molar-refractivity contribution in [1.82, 2.24) is 5.32 Å². The highest BCUT2D eigenvalue weighted by atomic mass is 35.5. The highest BCUT2D eigenvalue weighted by molar-refractivity contribution is 6.29. The molecule has 1 aliphatic rings. The molecule has 0 radical (unpaired) electrons. The molecular weight excluding hydrogens is 234 g/mol. The molecule has 0 aromatic carbocycles. The fourth-order valence-corrected chi connectivity index (χ4v) is 1.78. The molecule has 6 heteroatoms. The highest BCUT2D eigenvalue weighted by Gasteiger charge is 2.46. The first kappa shape index (κ1) is 11.0. The van der Waals surface area contributed by atoms with Crippen LogP contribution in [0.4, 0.5) is 0 Å². The Morgan fingerprint density at radius 1 is 1.44 bits per heavy atom. The monoisotopic (exact) mass is 243 g/mol. The van der Waals surface area contributed by atoms with E-state index in [2.05, 4.69) is 5.32 Å². The van der Waals surface area contributed by atoms with Gasteiger partial charge < -0.3 is 14.8 Å². The van der Waals surface area contributed by atoms with Crippen LogP contribution >= 0.6 is 11.6 Å². The van der Waals surface area contributed by atoms with Gasteiger partial charge in [0.25, 0.3) is 5.91 Å². The quantitative estimate of drug-likeness (QED) is 0.846. The van der Waals surface area contributed by atoms with Crippen LogP contribution in [0.2, 0.25) is 5.22 Å². The van der Waals surface area contributed by atoms with Crippen molar-refractivity contribution >= 4 is 23.5 Å². The van der Waals surface area contributed by atoms with Crippen molar-refractivity contribution in [2.45, 2.75) is 24.8 Å². The minimum absolute atomic E-state index is 0.0255. The molecule has 0 spiro atoms. The van der Waals surface area contributed by atoms with Crippen LogP contribution in [-0.4, -0.2) is 22.5 Å². The molecule has 2 N–H and O–H groups in total. The Bertz CT molecular complexity index is 436. The normalized spacial score (nSPS) is 17.6. The first-order valence-electron chi connectivity index (χ1n) is 4.85. The average Bonchev–Trinajstić information content (AvgIpc) is 2.57. The van der Waals surface area contributed by atoms with Crippen molar-refractivity contribution in [3.63, 3.8) is 0 Å². The molecular formula is C10H10ClNO4. The molecule has 1 aromatic heterocycles. The predicted molar refractivity (Wildman–Crippen MR) is 55.4 cm³/mol. The van der Waals surface area contributed by atoms with Gasteiger partial charge in [0.15, 0.2) is 11.0 Å². The summed E-state index contributed by atoms with van der Waals surface area (Å²) in [5.41, 5.74) is -1.13. The van der Waals surface area contributed by atoms with Crippen molar-refractivity contribution in [2.75, 3.05) is 0 Å². The number of hydrogen-bond acceptors (Lipinski definition) is 3. The summed E-state index contributed by atoms with van der Waals surface area (Å²) in [6.45, 7) is 0. The number of halogens is 1. The van der Waals surface area contributed by atoms with E-state index in [1.165, 1.54) is 12.1 Å². The zero-order chi connectivity index (χ0) is 11.8. The predicted octanol–water partition coefficient (Wildman–Crippen LogP) is 1.67. The van der Waals surface area contributed by atoms with E-state index in [1.807, 2.05) is 0 Å². The van der Waals surface area contributed by atoms with Crippen LogP contribution in [0.15, 0.2) is 16.5 Å². The molecule has 1 aromatic rings. The highest BCUT2D eigenvalue weighted by Crippen LogP contribution is 2.32. The Balaban J connectivity index is 2.10. The third kappa shape index (κ3) is 1.78. The third-order valence-corrected chi connectivity index (χ3v) is 2.97. The summed E-state index contributed by atoms with van der Waals surface area (Å²) in [5.74, 6) is -1.53. The Morgan fingerprint density at radius 2 is 2.12 bits per heavy atom. The molecule has 1 heterocycles. The van der Waals surface area contributed by atoms with Crippen LogP contribution < -0.4 is 5.32 Å². The van der Waals surface area contributed by atoms with Crippen molar-refractivity contribution < 1.29 is 19.1 Å². The van der Waals surface area contributed by atoms with Gasteiger partial charge in [-0.25, -0.2) is 4.79 Å². The van der Waals surface area contributed by atoms with Crippen molar-refractivity contribution in [3.05, 3.63) is 23.1 Å². The van der Waals surface area contributed by atoms with Crippen molar-refractivity contribution in [2.24, 2.45) is 0 Å². The number of carbonyl (C=O) groups is 2. The summed E-state index contributed by atoms with van der Waals surface area (Å²) in [5, 5.41) is 11.6. The molecule has 86 valence electrons. The maximum Gasteiger partial charge on any atom is 0.329 e. The molecule has 1 amide bonds. The number of hydrogen-bond donors (Lipinski definition) is 2. The van der Waals surface area contributed by atoms with E-state index in [1.54, 1.807) is 0 Å². The number of carbonyl (C=O) groups excluding carboxylic acids is 1. The molecule has 1 aliphatic carbocycles. The number of amides is 1. The first-order chi connectivity index (χ1) is 7.53. The topological polar surface area (TPSA) is 79.5 Å². The summed E-state index contributed by atoms with van der Waals surface area (Å²) < 4.78 is 4.90. The molecule has 0 unspecified atom stereocenters. The van der Waals surface area contributed by atoms with Crippen LogP contribution in [0.1, 0.15) is 29.8 Å². The molecule has 5 nitrogen and oxygen atoms in total. The van der Waals surface area contributed by atoms with Gasteiger partial charge in [0.05, 0.1) is 0 Å². The van der Waals surface area contributed by atoms with Crippen LogP contribution in [0, 0.1) is 0 Å². The second-order valence-electron chi connectivity index (χ2n) is 3.80. The van der Waals surface area contributed by atoms with E-state index in [0.717, 1.165) is 6.42 Å². The SMILES string of the molecule is O=C(NC1(C(=O)O)CCC1)c1ccc(Cl)o1. The number of carboxylic acid groups (broad SMARTS) is 1. The van der Waals surface area contributed by atoms with Crippen molar-refractivity contribution in [3.8, 4) is 0 Å². The Morgan fingerprint density at radius 3 is 2.50 bits per heavy atom. The van der Waals surface area contributed by atoms with Crippen molar-refractivity contribution in [1.29, 1.82) is 0 Å². The van der Waals surface area contributed by atoms with Gasteiger partial charge in [-0.3, -0.25) is 4.79 Å². The van der Waals surface area contributed by atoms with E-state index in [9.17, 15) is 9.59 Å². The minimum Gasteiger partial charge on any atom is -0.480 e. The van der Waals surface area contributed by atoms with Gasteiger partial charge in [-0.1, -0.05) is 0 Å². The number of aliphatic carboxylic acids is 1. The number of carboxylic acids is 1. The zero-order valence-electron chi connectivity index (χ0n) is 8.33. The van der Waals surface area contributed by atoms with E-state index >= 15 is 0 Å². The summed E-state index contributed by atoms with van der Waals surface area (Å²) in [6, 6.07) is 2.84. The van der Waals surface area contributed by atoms with Gasteiger partial charge in [-0.15, -0.1) is 0 Å². The number of nitrogens with one attached hydrogen (secondary N) is 1. The molecule has 16 heavy (non-hydrogen) atoms. The fraction of sp³-hybridized carbons (Fsp3) is 0.400. The van der Waals surface area contributed by atoms with Crippen LogP contribution in [-0.2, 0) is 4.79 Å². The fourth-order valence-electron chi connectivity index (χ4n) is 1.64. The second kappa shape index (κ2) is 3.83. The number of furan rings is 1. The van der Waals surface area contributed by atoms with Gasteiger partial charge >= 0.3 is 5.97 Å².